The van der Waals surface area contributed by atoms with E-state index in [9.17, 15) is 9.59 Å². The predicted octanol–water partition coefficient (Wildman–Crippen LogP) is 6.11. The van der Waals surface area contributed by atoms with Crippen molar-refractivity contribution in [3.8, 4) is 11.5 Å². The molecule has 1 fully saturated rings. The van der Waals surface area contributed by atoms with E-state index < -0.39 is 5.97 Å². The Morgan fingerprint density at radius 3 is 2.51 bits per heavy atom. The molecule has 9 heteroatoms. The molecule has 7 nitrogen and oxygen atoms in total. The van der Waals surface area contributed by atoms with Gasteiger partial charge in [0.1, 0.15) is 0 Å². The molecular weight excluding hydrogens is 532 g/mol. The molecular formula is C26H29BrN2O5S. The topological polar surface area (TPSA) is 77.4 Å². The van der Waals surface area contributed by atoms with Crippen LogP contribution in [0.4, 0.5) is 5.69 Å². The van der Waals surface area contributed by atoms with Gasteiger partial charge in [0.05, 0.1) is 28.3 Å². The Kier molecular flexibility index (Phi) is 9.80. The molecule has 2 aromatic carbocycles. The summed E-state index contributed by atoms with van der Waals surface area (Å²) in [6.07, 6.45) is 2.63. The minimum atomic E-state index is -0.461. The highest BCUT2D eigenvalue weighted by molar-refractivity contribution is 9.10. The Bertz CT molecular complexity index is 1130. The number of aryl methyl sites for hydroxylation is 1. The monoisotopic (exact) mass is 560 g/mol. The number of hydrogen-bond acceptors (Lipinski definition) is 7. The number of ether oxygens (including phenoxy) is 3. The molecule has 1 aliphatic heterocycles. The van der Waals surface area contributed by atoms with Gasteiger partial charge in [0.15, 0.2) is 23.3 Å². The number of carbonyl (C=O) groups is 2. The van der Waals surface area contributed by atoms with Gasteiger partial charge in [-0.1, -0.05) is 24.6 Å². The molecule has 2 aromatic rings. The molecule has 0 unspecified atom stereocenters. The number of benzene rings is 2. The summed E-state index contributed by atoms with van der Waals surface area (Å²) in [7, 11) is 0. The zero-order valence-corrected chi connectivity index (χ0v) is 22.7. The molecule has 0 atom stereocenters. The highest BCUT2D eigenvalue weighted by Gasteiger charge is 2.33. The quantitative estimate of drug-likeness (QED) is 0.257. The van der Waals surface area contributed by atoms with Gasteiger partial charge in [0.2, 0.25) is 0 Å². The molecule has 1 aliphatic rings. The van der Waals surface area contributed by atoms with Crippen LogP contribution in [-0.4, -0.2) is 48.3 Å². The molecule has 186 valence electrons. The zero-order chi connectivity index (χ0) is 25.4. The number of rotatable bonds is 10. The molecule has 0 aliphatic carbocycles. The number of thioether (sulfide) groups is 1. The van der Waals surface area contributed by atoms with Crippen LogP contribution < -0.4 is 9.47 Å². The smallest absolute Gasteiger partial charge is 0.344 e. The van der Waals surface area contributed by atoms with Gasteiger partial charge in [0.25, 0.3) is 5.91 Å². The van der Waals surface area contributed by atoms with Crippen LogP contribution in [0.2, 0.25) is 0 Å². The number of amides is 1. The number of carbonyl (C=O) groups excluding carboxylic acids is 2. The first kappa shape index (κ1) is 26.8. The van der Waals surface area contributed by atoms with Crippen molar-refractivity contribution >= 4 is 56.5 Å². The first-order chi connectivity index (χ1) is 16.9. The average molecular weight is 561 g/mol. The second kappa shape index (κ2) is 12.8. The van der Waals surface area contributed by atoms with Gasteiger partial charge in [-0.05, 0) is 90.8 Å². The summed E-state index contributed by atoms with van der Waals surface area (Å²) in [4.78, 5) is 31.9. The number of hydrogen-bond donors (Lipinski definition) is 0. The van der Waals surface area contributed by atoms with Crippen molar-refractivity contribution in [2.75, 3.05) is 26.4 Å². The van der Waals surface area contributed by atoms with Crippen LogP contribution >= 0.6 is 27.7 Å². The van der Waals surface area contributed by atoms with Crippen LogP contribution in [0.25, 0.3) is 6.08 Å². The standard InChI is InChI=1S/C26H29BrN2O5S/c1-5-12-29-25(31)22(35-26(29)28-19-10-8-17(4)9-11-19)15-18-13-20(27)24(21(14-18)32-6-2)34-16-23(30)33-7-3/h8-11,13-15H,5-7,12,16H2,1-4H3/b22-15+,28-26?. The minimum Gasteiger partial charge on any atom is -0.490 e. The van der Waals surface area contributed by atoms with E-state index in [1.165, 1.54) is 11.8 Å². The Labute approximate surface area is 218 Å². The van der Waals surface area contributed by atoms with Crippen molar-refractivity contribution < 1.29 is 23.8 Å². The summed E-state index contributed by atoms with van der Waals surface area (Å²) in [6, 6.07) is 11.5. The number of amidine groups is 1. The van der Waals surface area contributed by atoms with Crippen molar-refractivity contribution in [2.24, 2.45) is 4.99 Å². The summed E-state index contributed by atoms with van der Waals surface area (Å²) in [5, 5.41) is 0.658. The van der Waals surface area contributed by atoms with E-state index in [0.717, 1.165) is 23.2 Å². The van der Waals surface area contributed by atoms with E-state index in [4.69, 9.17) is 19.2 Å². The van der Waals surface area contributed by atoms with Crippen molar-refractivity contribution in [1.29, 1.82) is 0 Å². The third kappa shape index (κ3) is 7.11. The predicted molar refractivity (Wildman–Crippen MR) is 143 cm³/mol. The van der Waals surface area contributed by atoms with Crippen molar-refractivity contribution in [3.05, 3.63) is 56.9 Å². The molecule has 0 aromatic heterocycles. The van der Waals surface area contributed by atoms with Crippen LogP contribution in [0.1, 0.15) is 38.3 Å². The van der Waals surface area contributed by atoms with Gasteiger partial charge in [-0.15, -0.1) is 0 Å². The van der Waals surface area contributed by atoms with Gasteiger partial charge in [-0.2, -0.15) is 0 Å². The fourth-order valence-electron chi connectivity index (χ4n) is 3.30. The van der Waals surface area contributed by atoms with Gasteiger partial charge < -0.3 is 14.2 Å². The second-order valence-electron chi connectivity index (χ2n) is 7.65. The van der Waals surface area contributed by atoms with Crippen molar-refractivity contribution in [2.45, 2.75) is 34.1 Å². The van der Waals surface area contributed by atoms with E-state index in [-0.39, 0.29) is 19.1 Å². The van der Waals surface area contributed by atoms with E-state index in [1.807, 2.05) is 57.2 Å². The summed E-state index contributed by atoms with van der Waals surface area (Å²) in [5.74, 6) is 0.325. The van der Waals surface area contributed by atoms with Crippen LogP contribution in [0.5, 0.6) is 11.5 Å². The van der Waals surface area contributed by atoms with Crippen LogP contribution in [0.15, 0.2) is 50.8 Å². The third-order valence-corrected chi connectivity index (χ3v) is 6.46. The lowest BCUT2D eigenvalue weighted by Gasteiger charge is -2.14. The summed E-state index contributed by atoms with van der Waals surface area (Å²) < 4.78 is 16.9. The molecule has 0 saturated carbocycles. The van der Waals surface area contributed by atoms with Crippen molar-refractivity contribution in [1.82, 2.24) is 4.90 Å². The number of aliphatic imine (C=N–C) groups is 1. The average Bonchev–Trinajstić information content (AvgIpc) is 3.09. The highest BCUT2D eigenvalue weighted by atomic mass is 79.9. The molecule has 35 heavy (non-hydrogen) atoms. The van der Waals surface area contributed by atoms with E-state index in [0.29, 0.717) is 39.2 Å². The lowest BCUT2D eigenvalue weighted by Crippen LogP contribution is -2.29. The van der Waals surface area contributed by atoms with E-state index >= 15 is 0 Å². The number of nitrogens with zero attached hydrogens (tertiary/aromatic N) is 2. The third-order valence-electron chi connectivity index (χ3n) is 4.86. The van der Waals surface area contributed by atoms with Crippen LogP contribution in [0, 0.1) is 6.92 Å². The maximum absolute atomic E-state index is 13.2. The normalized spacial score (nSPS) is 15.7. The summed E-state index contributed by atoms with van der Waals surface area (Å²) >= 11 is 4.86. The van der Waals surface area contributed by atoms with Gasteiger partial charge in [-0.3, -0.25) is 9.69 Å². The van der Waals surface area contributed by atoms with E-state index in [2.05, 4.69) is 15.9 Å². The van der Waals surface area contributed by atoms with Gasteiger partial charge in [0, 0.05) is 6.54 Å². The molecule has 0 N–H and O–H groups in total. The Morgan fingerprint density at radius 1 is 1.11 bits per heavy atom. The lowest BCUT2D eigenvalue weighted by molar-refractivity contribution is -0.145. The maximum atomic E-state index is 13.2. The maximum Gasteiger partial charge on any atom is 0.344 e. The summed E-state index contributed by atoms with van der Waals surface area (Å²) in [6.45, 7) is 8.70. The van der Waals surface area contributed by atoms with Crippen LogP contribution in [0.3, 0.4) is 0 Å². The molecule has 1 heterocycles. The highest BCUT2D eigenvalue weighted by Crippen LogP contribution is 2.40. The molecule has 0 radical (unpaired) electrons. The summed E-state index contributed by atoms with van der Waals surface area (Å²) in [5.41, 5.74) is 2.71. The number of esters is 1. The lowest BCUT2D eigenvalue weighted by atomic mass is 10.2. The Morgan fingerprint density at radius 2 is 1.86 bits per heavy atom. The first-order valence-electron chi connectivity index (χ1n) is 11.5. The Hall–Kier alpha value is -2.78. The Balaban J connectivity index is 1.91. The minimum absolute atomic E-state index is 0.0839. The molecule has 0 bridgehead atoms. The molecule has 1 saturated heterocycles. The van der Waals surface area contributed by atoms with Crippen LogP contribution in [-0.2, 0) is 14.3 Å². The fourth-order valence-corrected chi connectivity index (χ4v) is 4.90. The second-order valence-corrected chi connectivity index (χ2v) is 9.52. The largest absolute Gasteiger partial charge is 0.490 e. The van der Waals surface area contributed by atoms with Crippen molar-refractivity contribution in [3.63, 3.8) is 0 Å². The molecule has 1 amide bonds. The zero-order valence-electron chi connectivity index (χ0n) is 20.3. The van der Waals surface area contributed by atoms with Gasteiger partial charge >= 0.3 is 5.97 Å². The first-order valence-corrected chi connectivity index (χ1v) is 13.1. The molecule has 0 spiro atoms. The fraction of sp³-hybridized carbons (Fsp3) is 0.346. The SMILES string of the molecule is CCCN1C(=O)/C(=C\c2cc(Br)c(OCC(=O)OCC)c(OCC)c2)SC1=Nc1ccc(C)cc1. The molecule has 3 rings (SSSR count). The van der Waals surface area contributed by atoms with Gasteiger partial charge in [-0.25, -0.2) is 9.79 Å². The van der Waals surface area contributed by atoms with E-state index in [1.54, 1.807) is 17.9 Å². The number of halogens is 1.